The second-order valence-corrected chi connectivity index (χ2v) is 3.59. The van der Waals surface area contributed by atoms with Crippen LogP contribution in [0.3, 0.4) is 0 Å². The Bertz CT molecular complexity index is 447. The fourth-order valence-corrected chi connectivity index (χ4v) is 1.33. The number of amides is 1. The standard InChI is InChI=1S/C11H14N2O5/c1-6(14)8(11(16)17)13-9(15)7-4-3-5-12-10(7)18-2/h3-6,8,14H,1-2H3,(H,13,15)(H,16,17). The van der Waals surface area contributed by atoms with Crippen LogP contribution in [0.5, 0.6) is 5.88 Å². The minimum atomic E-state index is -1.39. The van der Waals surface area contributed by atoms with E-state index in [1.807, 2.05) is 0 Å². The van der Waals surface area contributed by atoms with E-state index in [-0.39, 0.29) is 11.4 Å². The molecule has 1 amide bonds. The lowest BCUT2D eigenvalue weighted by atomic mass is 10.1. The zero-order valence-corrected chi connectivity index (χ0v) is 9.95. The summed E-state index contributed by atoms with van der Waals surface area (Å²) in [5.41, 5.74) is 0.104. The summed E-state index contributed by atoms with van der Waals surface area (Å²) in [4.78, 5) is 26.5. The first-order chi connectivity index (χ1) is 8.47. The van der Waals surface area contributed by atoms with Crippen LogP contribution in [0.1, 0.15) is 17.3 Å². The van der Waals surface area contributed by atoms with Crippen molar-refractivity contribution in [1.82, 2.24) is 10.3 Å². The number of aliphatic hydroxyl groups is 1. The molecule has 0 bridgehead atoms. The molecular weight excluding hydrogens is 240 g/mol. The minimum absolute atomic E-state index is 0.0877. The normalized spacial score (nSPS) is 13.5. The van der Waals surface area contributed by atoms with Crippen LogP contribution in [0.25, 0.3) is 0 Å². The molecule has 1 aromatic heterocycles. The average molecular weight is 254 g/mol. The minimum Gasteiger partial charge on any atom is -0.480 e. The van der Waals surface area contributed by atoms with Crippen molar-refractivity contribution in [3.8, 4) is 5.88 Å². The van der Waals surface area contributed by atoms with E-state index in [0.717, 1.165) is 0 Å². The number of aliphatic carboxylic acids is 1. The fourth-order valence-electron chi connectivity index (χ4n) is 1.33. The maximum absolute atomic E-state index is 11.8. The van der Waals surface area contributed by atoms with E-state index in [0.29, 0.717) is 0 Å². The molecule has 0 saturated heterocycles. The monoisotopic (exact) mass is 254 g/mol. The predicted molar refractivity (Wildman–Crippen MR) is 61.4 cm³/mol. The molecule has 3 N–H and O–H groups in total. The van der Waals surface area contributed by atoms with E-state index < -0.39 is 24.0 Å². The Morgan fingerprint density at radius 3 is 2.67 bits per heavy atom. The molecule has 2 atom stereocenters. The van der Waals surface area contributed by atoms with Gasteiger partial charge < -0.3 is 20.3 Å². The van der Waals surface area contributed by atoms with Crippen LogP contribution in [-0.2, 0) is 4.79 Å². The van der Waals surface area contributed by atoms with Crippen molar-refractivity contribution in [2.45, 2.75) is 19.1 Å². The first kappa shape index (κ1) is 13.9. The molecule has 0 aromatic carbocycles. The number of aromatic nitrogens is 1. The summed E-state index contributed by atoms with van der Waals surface area (Å²) in [6, 6.07) is 1.58. The topological polar surface area (TPSA) is 109 Å². The maximum atomic E-state index is 11.8. The molecule has 0 aliphatic carbocycles. The van der Waals surface area contributed by atoms with Crippen molar-refractivity contribution in [2.24, 2.45) is 0 Å². The van der Waals surface area contributed by atoms with E-state index >= 15 is 0 Å². The van der Waals surface area contributed by atoms with Crippen molar-refractivity contribution >= 4 is 11.9 Å². The quantitative estimate of drug-likeness (QED) is 0.663. The second kappa shape index (κ2) is 5.97. The average Bonchev–Trinajstić information content (AvgIpc) is 2.34. The SMILES string of the molecule is COc1ncccc1C(=O)NC(C(=O)O)C(C)O. The summed E-state index contributed by atoms with van der Waals surface area (Å²) in [6.07, 6.45) is 0.230. The molecule has 0 aliphatic rings. The van der Waals surface area contributed by atoms with Gasteiger partial charge in [-0.1, -0.05) is 0 Å². The van der Waals surface area contributed by atoms with E-state index in [4.69, 9.17) is 9.84 Å². The van der Waals surface area contributed by atoms with Gasteiger partial charge in [-0.3, -0.25) is 4.79 Å². The van der Waals surface area contributed by atoms with Gasteiger partial charge in [0.2, 0.25) is 5.88 Å². The third-order valence-corrected chi connectivity index (χ3v) is 2.24. The van der Waals surface area contributed by atoms with Crippen LogP contribution < -0.4 is 10.1 Å². The number of hydrogen-bond acceptors (Lipinski definition) is 5. The Hall–Kier alpha value is -2.15. The van der Waals surface area contributed by atoms with Gasteiger partial charge in [0.15, 0.2) is 6.04 Å². The van der Waals surface area contributed by atoms with Crippen LogP contribution >= 0.6 is 0 Å². The highest BCUT2D eigenvalue weighted by Gasteiger charge is 2.26. The van der Waals surface area contributed by atoms with Gasteiger partial charge >= 0.3 is 5.97 Å². The summed E-state index contributed by atoms with van der Waals surface area (Å²) < 4.78 is 4.89. The Balaban J connectivity index is 2.90. The molecule has 2 unspecified atom stereocenters. The van der Waals surface area contributed by atoms with Gasteiger partial charge in [0.25, 0.3) is 5.91 Å². The van der Waals surface area contributed by atoms with Gasteiger partial charge in [-0.05, 0) is 19.1 Å². The fraction of sp³-hybridized carbons (Fsp3) is 0.364. The first-order valence-corrected chi connectivity index (χ1v) is 5.18. The number of carbonyl (C=O) groups excluding carboxylic acids is 1. The van der Waals surface area contributed by atoms with E-state index in [2.05, 4.69) is 10.3 Å². The smallest absolute Gasteiger partial charge is 0.328 e. The number of carbonyl (C=O) groups is 2. The van der Waals surface area contributed by atoms with Crippen LogP contribution in [0.15, 0.2) is 18.3 Å². The van der Waals surface area contributed by atoms with Gasteiger partial charge in [-0.2, -0.15) is 0 Å². The van der Waals surface area contributed by atoms with Crippen LogP contribution in [0, 0.1) is 0 Å². The number of carboxylic acid groups (broad SMARTS) is 1. The molecule has 1 heterocycles. The Kier molecular flexibility index (Phi) is 4.61. The molecule has 0 radical (unpaired) electrons. The zero-order valence-electron chi connectivity index (χ0n) is 9.95. The lowest BCUT2D eigenvalue weighted by Crippen LogP contribution is -2.47. The highest BCUT2D eigenvalue weighted by molar-refractivity contribution is 5.98. The second-order valence-electron chi connectivity index (χ2n) is 3.59. The van der Waals surface area contributed by atoms with Gasteiger partial charge in [0.05, 0.1) is 13.2 Å². The van der Waals surface area contributed by atoms with Crippen molar-refractivity contribution in [2.75, 3.05) is 7.11 Å². The molecule has 1 aromatic rings. The van der Waals surface area contributed by atoms with Crippen molar-refractivity contribution < 1.29 is 24.5 Å². The van der Waals surface area contributed by atoms with Crippen molar-refractivity contribution in [3.05, 3.63) is 23.9 Å². The summed E-state index contributed by atoms with van der Waals surface area (Å²) >= 11 is 0. The van der Waals surface area contributed by atoms with E-state index in [1.54, 1.807) is 0 Å². The molecule has 0 fully saturated rings. The molecule has 7 heteroatoms. The summed E-state index contributed by atoms with van der Waals surface area (Å²) in [5.74, 6) is -1.90. The Morgan fingerprint density at radius 2 is 2.17 bits per heavy atom. The number of pyridine rings is 1. The predicted octanol–water partition coefficient (Wildman–Crippen LogP) is -0.346. The number of aliphatic hydroxyl groups excluding tert-OH is 1. The summed E-state index contributed by atoms with van der Waals surface area (Å²) in [5, 5.41) is 20.3. The summed E-state index contributed by atoms with van der Waals surface area (Å²) in [7, 11) is 1.35. The van der Waals surface area contributed by atoms with Crippen LogP contribution in [-0.4, -0.2) is 46.3 Å². The zero-order chi connectivity index (χ0) is 13.7. The molecular formula is C11H14N2O5. The lowest BCUT2D eigenvalue weighted by Gasteiger charge is -2.17. The lowest BCUT2D eigenvalue weighted by molar-refractivity contribution is -0.141. The molecule has 0 saturated carbocycles. The van der Waals surface area contributed by atoms with E-state index in [1.165, 1.54) is 32.4 Å². The number of methoxy groups -OCH3 is 1. The number of rotatable bonds is 5. The van der Waals surface area contributed by atoms with Gasteiger partial charge in [-0.15, -0.1) is 0 Å². The highest BCUT2D eigenvalue weighted by atomic mass is 16.5. The van der Waals surface area contributed by atoms with Crippen molar-refractivity contribution in [1.29, 1.82) is 0 Å². The highest BCUT2D eigenvalue weighted by Crippen LogP contribution is 2.13. The van der Waals surface area contributed by atoms with Crippen molar-refractivity contribution in [3.63, 3.8) is 0 Å². The van der Waals surface area contributed by atoms with Gasteiger partial charge in [0.1, 0.15) is 5.56 Å². The maximum Gasteiger partial charge on any atom is 0.328 e. The molecule has 0 spiro atoms. The number of carboxylic acids is 1. The Morgan fingerprint density at radius 1 is 1.50 bits per heavy atom. The number of ether oxygens (including phenoxy) is 1. The molecule has 7 nitrogen and oxygen atoms in total. The Labute approximate surface area is 103 Å². The van der Waals surface area contributed by atoms with E-state index in [9.17, 15) is 14.7 Å². The summed E-state index contributed by atoms with van der Waals surface area (Å²) in [6.45, 7) is 1.28. The number of nitrogens with one attached hydrogen (secondary N) is 1. The van der Waals surface area contributed by atoms with Gasteiger partial charge in [-0.25, -0.2) is 9.78 Å². The molecule has 18 heavy (non-hydrogen) atoms. The largest absolute Gasteiger partial charge is 0.480 e. The molecule has 1 rings (SSSR count). The third-order valence-electron chi connectivity index (χ3n) is 2.24. The first-order valence-electron chi connectivity index (χ1n) is 5.18. The van der Waals surface area contributed by atoms with Crippen LogP contribution in [0.2, 0.25) is 0 Å². The van der Waals surface area contributed by atoms with Gasteiger partial charge in [0, 0.05) is 6.20 Å². The third kappa shape index (κ3) is 3.17. The number of hydrogen-bond donors (Lipinski definition) is 3. The van der Waals surface area contributed by atoms with Crippen LogP contribution in [0.4, 0.5) is 0 Å². The molecule has 0 aliphatic heterocycles. The molecule has 98 valence electrons. The number of nitrogens with zero attached hydrogens (tertiary/aromatic N) is 1.